The largest absolute Gasteiger partial charge is 0.309 e. The number of aromatic nitrogens is 4. The van der Waals surface area contributed by atoms with Crippen molar-refractivity contribution in [2.45, 2.75) is 25.7 Å². The number of likely N-dealkylation sites (N-methyl/N-ethyl adjacent to an activating group) is 1. The predicted molar refractivity (Wildman–Crippen MR) is 81.6 cm³/mol. The number of aryl methyl sites for hydroxylation is 1. The molecule has 21 heavy (non-hydrogen) atoms. The van der Waals surface area contributed by atoms with Gasteiger partial charge in [0.15, 0.2) is 0 Å². The smallest absolute Gasteiger partial charge is 0.228 e. The average Bonchev–Trinajstić information content (AvgIpc) is 2.48. The second-order valence-electron chi connectivity index (χ2n) is 5.55. The van der Waals surface area contributed by atoms with Crippen LogP contribution < -0.4 is 5.32 Å². The van der Waals surface area contributed by atoms with Gasteiger partial charge in [-0.1, -0.05) is 0 Å². The van der Waals surface area contributed by atoms with Crippen LogP contribution in [0.5, 0.6) is 0 Å². The zero-order valence-electron chi connectivity index (χ0n) is 12.5. The number of rotatable bonds is 3. The minimum Gasteiger partial charge on any atom is -0.309 e. The Labute approximate surface area is 124 Å². The van der Waals surface area contributed by atoms with Crippen LogP contribution in [0.15, 0.2) is 24.5 Å². The van der Waals surface area contributed by atoms with Gasteiger partial charge in [-0.2, -0.15) is 0 Å². The molecule has 1 saturated heterocycles. The molecule has 1 aliphatic heterocycles. The first-order valence-electron chi connectivity index (χ1n) is 7.29. The topological polar surface area (TPSA) is 66.8 Å². The van der Waals surface area contributed by atoms with Crippen molar-refractivity contribution >= 4 is 11.8 Å². The van der Waals surface area contributed by atoms with Crippen molar-refractivity contribution in [3.63, 3.8) is 0 Å². The minimum atomic E-state index is 0.404. The third kappa shape index (κ3) is 3.52. The first-order chi connectivity index (χ1) is 10.2. The molecule has 1 aliphatic rings. The van der Waals surface area contributed by atoms with E-state index in [-0.39, 0.29) is 0 Å². The summed E-state index contributed by atoms with van der Waals surface area (Å²) in [4.78, 5) is 19.9. The Balaban J connectivity index is 1.82. The Kier molecular flexibility index (Phi) is 4.06. The van der Waals surface area contributed by atoms with E-state index in [4.69, 9.17) is 0 Å². The first kappa shape index (κ1) is 13.9. The van der Waals surface area contributed by atoms with Gasteiger partial charge in [0.25, 0.3) is 0 Å². The van der Waals surface area contributed by atoms with Gasteiger partial charge in [-0.3, -0.25) is 0 Å². The van der Waals surface area contributed by atoms with E-state index >= 15 is 0 Å². The van der Waals surface area contributed by atoms with Crippen LogP contribution in [0.4, 0.5) is 11.8 Å². The standard InChI is InChI=1S/C15H20N6/c1-11-9-13(20-15-16-6-4-7-17-15)19-14(18-11)12-5-3-8-21(2)10-12/h4,6-7,9,12H,3,5,8,10H2,1-2H3,(H,16,17,18,19,20)/t12-/m1/s1. The Hall–Kier alpha value is -2.08. The summed E-state index contributed by atoms with van der Waals surface area (Å²) in [5, 5.41) is 3.15. The lowest BCUT2D eigenvalue weighted by Gasteiger charge is -2.28. The quantitative estimate of drug-likeness (QED) is 0.931. The van der Waals surface area contributed by atoms with Gasteiger partial charge in [-0.25, -0.2) is 19.9 Å². The average molecular weight is 284 g/mol. The Morgan fingerprint density at radius 1 is 1.24 bits per heavy atom. The zero-order chi connectivity index (χ0) is 14.7. The molecule has 0 saturated carbocycles. The van der Waals surface area contributed by atoms with Gasteiger partial charge in [0.1, 0.15) is 11.6 Å². The fraction of sp³-hybridized carbons (Fsp3) is 0.467. The number of anilines is 2. The number of piperidine rings is 1. The van der Waals surface area contributed by atoms with E-state index in [2.05, 4.69) is 37.2 Å². The molecule has 1 atom stereocenters. The van der Waals surface area contributed by atoms with E-state index in [9.17, 15) is 0 Å². The molecule has 1 N–H and O–H groups in total. The van der Waals surface area contributed by atoms with Crippen molar-refractivity contribution in [3.8, 4) is 0 Å². The van der Waals surface area contributed by atoms with Crippen LogP contribution in [-0.4, -0.2) is 45.0 Å². The summed E-state index contributed by atoms with van der Waals surface area (Å²) < 4.78 is 0. The van der Waals surface area contributed by atoms with Gasteiger partial charge in [0, 0.05) is 36.6 Å². The maximum Gasteiger partial charge on any atom is 0.228 e. The van der Waals surface area contributed by atoms with Crippen LogP contribution in [0.25, 0.3) is 0 Å². The summed E-state index contributed by atoms with van der Waals surface area (Å²) >= 11 is 0. The molecule has 1 fully saturated rings. The van der Waals surface area contributed by atoms with Crippen molar-refractivity contribution in [2.75, 3.05) is 25.5 Å². The molecule has 6 nitrogen and oxygen atoms in total. The van der Waals surface area contributed by atoms with Crippen molar-refractivity contribution in [1.29, 1.82) is 0 Å². The number of hydrogen-bond acceptors (Lipinski definition) is 6. The highest BCUT2D eigenvalue weighted by atomic mass is 15.2. The maximum absolute atomic E-state index is 4.66. The van der Waals surface area contributed by atoms with Gasteiger partial charge >= 0.3 is 0 Å². The number of hydrogen-bond donors (Lipinski definition) is 1. The molecule has 0 amide bonds. The maximum atomic E-state index is 4.66. The van der Waals surface area contributed by atoms with Crippen LogP contribution >= 0.6 is 0 Å². The van der Waals surface area contributed by atoms with E-state index in [1.807, 2.05) is 13.0 Å². The van der Waals surface area contributed by atoms with E-state index < -0.39 is 0 Å². The van der Waals surface area contributed by atoms with Gasteiger partial charge in [-0.15, -0.1) is 0 Å². The molecule has 0 unspecified atom stereocenters. The van der Waals surface area contributed by atoms with Crippen LogP contribution in [0.3, 0.4) is 0 Å². The van der Waals surface area contributed by atoms with Gasteiger partial charge in [-0.05, 0) is 39.4 Å². The lowest BCUT2D eigenvalue weighted by atomic mass is 9.97. The highest BCUT2D eigenvalue weighted by Crippen LogP contribution is 2.25. The summed E-state index contributed by atoms with van der Waals surface area (Å²) in [6.45, 7) is 4.17. The Morgan fingerprint density at radius 2 is 2.05 bits per heavy atom. The molecular formula is C15H20N6. The molecule has 2 aromatic heterocycles. The normalized spacial score (nSPS) is 19.4. The van der Waals surface area contributed by atoms with Gasteiger partial charge in [0.05, 0.1) is 0 Å². The minimum absolute atomic E-state index is 0.404. The molecular weight excluding hydrogens is 264 g/mol. The van der Waals surface area contributed by atoms with E-state index in [0.29, 0.717) is 11.9 Å². The molecule has 0 radical (unpaired) electrons. The second kappa shape index (κ2) is 6.13. The first-order valence-corrected chi connectivity index (χ1v) is 7.29. The Morgan fingerprint density at radius 3 is 2.81 bits per heavy atom. The number of likely N-dealkylation sites (tertiary alicyclic amines) is 1. The summed E-state index contributed by atoms with van der Waals surface area (Å²) in [5.41, 5.74) is 0.964. The summed E-state index contributed by atoms with van der Waals surface area (Å²) in [5.74, 6) is 2.64. The summed E-state index contributed by atoms with van der Waals surface area (Å²) in [6.07, 6.45) is 5.76. The molecule has 2 aromatic rings. The molecule has 0 spiro atoms. The van der Waals surface area contributed by atoms with Crippen molar-refractivity contribution in [2.24, 2.45) is 0 Å². The third-order valence-electron chi connectivity index (χ3n) is 3.67. The molecule has 0 aliphatic carbocycles. The van der Waals surface area contributed by atoms with Crippen molar-refractivity contribution < 1.29 is 0 Å². The third-order valence-corrected chi connectivity index (χ3v) is 3.67. The van der Waals surface area contributed by atoms with Gasteiger partial charge in [0.2, 0.25) is 5.95 Å². The molecule has 6 heteroatoms. The summed E-state index contributed by atoms with van der Waals surface area (Å²) in [7, 11) is 2.15. The highest BCUT2D eigenvalue weighted by molar-refractivity contribution is 5.47. The highest BCUT2D eigenvalue weighted by Gasteiger charge is 2.22. The number of nitrogens with one attached hydrogen (secondary N) is 1. The molecule has 3 rings (SSSR count). The fourth-order valence-corrected chi connectivity index (χ4v) is 2.69. The molecule has 3 heterocycles. The number of nitrogens with zero attached hydrogens (tertiary/aromatic N) is 5. The lowest BCUT2D eigenvalue weighted by Crippen LogP contribution is -2.31. The van der Waals surface area contributed by atoms with Crippen LogP contribution in [-0.2, 0) is 0 Å². The van der Waals surface area contributed by atoms with Crippen LogP contribution in [0.1, 0.15) is 30.3 Å². The van der Waals surface area contributed by atoms with E-state index in [1.54, 1.807) is 18.5 Å². The van der Waals surface area contributed by atoms with E-state index in [1.165, 1.54) is 6.42 Å². The summed E-state index contributed by atoms with van der Waals surface area (Å²) in [6, 6.07) is 3.71. The Bertz CT molecular complexity index is 600. The molecule has 110 valence electrons. The fourth-order valence-electron chi connectivity index (χ4n) is 2.69. The zero-order valence-corrected chi connectivity index (χ0v) is 12.5. The molecule has 0 aromatic carbocycles. The lowest BCUT2D eigenvalue weighted by molar-refractivity contribution is 0.246. The van der Waals surface area contributed by atoms with Crippen molar-refractivity contribution in [1.82, 2.24) is 24.8 Å². The predicted octanol–water partition coefficient (Wildman–Crippen LogP) is 2.13. The SMILES string of the molecule is Cc1cc(Nc2ncccn2)nc([C@@H]2CCCN(C)C2)n1. The monoisotopic (exact) mass is 284 g/mol. The van der Waals surface area contributed by atoms with Crippen LogP contribution in [0, 0.1) is 6.92 Å². The van der Waals surface area contributed by atoms with Gasteiger partial charge < -0.3 is 10.2 Å². The molecule has 0 bridgehead atoms. The second-order valence-corrected chi connectivity index (χ2v) is 5.55. The van der Waals surface area contributed by atoms with E-state index in [0.717, 1.165) is 36.8 Å². The van der Waals surface area contributed by atoms with Crippen molar-refractivity contribution in [3.05, 3.63) is 36.0 Å². The van der Waals surface area contributed by atoms with Crippen LogP contribution in [0.2, 0.25) is 0 Å².